The minimum atomic E-state index is -1.76. The van der Waals surface area contributed by atoms with Gasteiger partial charge < -0.3 is 64.2 Å². The normalized spacial score (nSPS) is 34.0. The number of benzene rings is 2. The molecule has 0 radical (unpaired) electrons. The smallest absolute Gasteiger partial charge is 0.239 e. The van der Waals surface area contributed by atoms with Gasteiger partial charge in [-0.15, -0.1) is 0 Å². The van der Waals surface area contributed by atoms with Gasteiger partial charge in [0.05, 0.1) is 12.2 Å². The Kier molecular flexibility index (Phi) is 7.84. The van der Waals surface area contributed by atoms with Crippen molar-refractivity contribution in [3.8, 4) is 34.3 Å². The molecule has 0 bridgehead atoms. The van der Waals surface area contributed by atoms with Crippen LogP contribution in [0.5, 0.6) is 23.0 Å². The number of hydrogen-bond acceptors (Lipinski definition) is 14. The Morgan fingerprint density at radius 3 is 1.80 bits per heavy atom. The molecule has 3 aromatic rings. The zero-order valence-corrected chi connectivity index (χ0v) is 21.8. The summed E-state index contributed by atoms with van der Waals surface area (Å²) in [4.78, 5) is 13.7. The van der Waals surface area contributed by atoms with Gasteiger partial charge in [-0.3, -0.25) is 4.79 Å². The highest BCUT2D eigenvalue weighted by atomic mass is 16.7. The molecule has 2 aliphatic heterocycles. The quantitative estimate of drug-likeness (QED) is 0.187. The summed E-state index contributed by atoms with van der Waals surface area (Å²) < 4.78 is 28.2. The number of aromatic hydroxyl groups is 2. The maximum atomic E-state index is 13.7. The lowest BCUT2D eigenvalue weighted by Gasteiger charge is -2.39. The van der Waals surface area contributed by atoms with E-state index in [1.807, 2.05) is 0 Å². The molecule has 14 heteroatoms. The summed E-state index contributed by atoms with van der Waals surface area (Å²) in [7, 11) is 0. The van der Waals surface area contributed by atoms with Crippen LogP contribution in [0.2, 0.25) is 0 Å². The minimum Gasteiger partial charge on any atom is -0.508 e. The summed E-state index contributed by atoms with van der Waals surface area (Å²) >= 11 is 0. The minimum absolute atomic E-state index is 0.0859. The second kappa shape index (κ2) is 11.1. The van der Waals surface area contributed by atoms with Gasteiger partial charge in [0.25, 0.3) is 0 Å². The molecule has 0 aliphatic carbocycles. The second-order valence-corrected chi connectivity index (χ2v) is 10.1. The summed E-state index contributed by atoms with van der Waals surface area (Å²) in [6.07, 6.45) is -14.3. The van der Waals surface area contributed by atoms with Gasteiger partial charge in [-0.25, -0.2) is 0 Å². The lowest BCUT2D eigenvalue weighted by molar-refractivity contribution is -0.268. The Morgan fingerprint density at radius 1 is 0.707 bits per heavy atom. The van der Waals surface area contributed by atoms with Gasteiger partial charge in [0.15, 0.2) is 5.76 Å². The fourth-order valence-electron chi connectivity index (χ4n) is 4.71. The highest BCUT2D eigenvalue weighted by Gasteiger charge is 2.45. The van der Waals surface area contributed by atoms with Crippen LogP contribution < -0.4 is 14.9 Å². The van der Waals surface area contributed by atoms with Crippen molar-refractivity contribution in [3.05, 3.63) is 46.6 Å². The molecule has 0 unspecified atom stereocenters. The standard InChI is InChI=1S/C27H30O14/c1-9-17(30)20(33)22(35)26(37-9)39-13-7-14(29)16-15(8-13)40-24(11-3-5-12(28)6-4-11)25(19(16)32)41-27-23(36)21(34)18(31)10(2)38-27/h3-10,17-18,20-23,26-31,33-36H,1-2H3/t9-,10+,17+,18+,20-,21-,22+,23+,26+,27-/m0/s1. The van der Waals surface area contributed by atoms with Gasteiger partial charge >= 0.3 is 0 Å². The maximum Gasteiger partial charge on any atom is 0.239 e. The molecule has 1 aromatic heterocycles. The van der Waals surface area contributed by atoms with Gasteiger partial charge in [-0.1, -0.05) is 0 Å². The molecule has 0 saturated carbocycles. The summed E-state index contributed by atoms with van der Waals surface area (Å²) in [6, 6.07) is 7.71. The fraction of sp³-hybridized carbons (Fsp3) is 0.444. The number of rotatable bonds is 5. The Hall–Kier alpha value is -3.47. The third-order valence-corrected chi connectivity index (χ3v) is 7.14. The summed E-state index contributed by atoms with van der Waals surface area (Å²) in [5, 5.41) is 81.1. The molecule has 3 heterocycles. The van der Waals surface area contributed by atoms with E-state index in [1.54, 1.807) is 0 Å². The molecule has 10 atom stereocenters. The van der Waals surface area contributed by atoms with Crippen molar-refractivity contribution in [1.82, 2.24) is 0 Å². The van der Waals surface area contributed by atoms with E-state index in [0.717, 1.165) is 6.07 Å². The molecule has 2 aliphatic rings. The molecule has 8 N–H and O–H groups in total. The molecular formula is C27H30O14. The zero-order valence-electron chi connectivity index (χ0n) is 21.8. The Morgan fingerprint density at radius 2 is 1.24 bits per heavy atom. The molecule has 2 aromatic carbocycles. The van der Waals surface area contributed by atoms with Crippen molar-refractivity contribution >= 4 is 11.0 Å². The van der Waals surface area contributed by atoms with Gasteiger partial charge in [0, 0.05) is 17.7 Å². The number of aliphatic hydroxyl groups excluding tert-OH is 6. The highest BCUT2D eigenvalue weighted by molar-refractivity contribution is 5.88. The van der Waals surface area contributed by atoms with E-state index in [0.29, 0.717) is 0 Å². The van der Waals surface area contributed by atoms with Crippen LogP contribution in [0.3, 0.4) is 0 Å². The third-order valence-electron chi connectivity index (χ3n) is 7.14. The van der Waals surface area contributed by atoms with E-state index in [-0.39, 0.29) is 33.8 Å². The number of ether oxygens (including phenoxy) is 4. The second-order valence-electron chi connectivity index (χ2n) is 10.1. The van der Waals surface area contributed by atoms with E-state index < -0.39 is 78.3 Å². The fourth-order valence-corrected chi connectivity index (χ4v) is 4.71. The van der Waals surface area contributed by atoms with Crippen LogP contribution in [0.4, 0.5) is 0 Å². The van der Waals surface area contributed by atoms with Crippen LogP contribution in [0.15, 0.2) is 45.6 Å². The van der Waals surface area contributed by atoms with Gasteiger partial charge in [0.2, 0.25) is 23.8 Å². The van der Waals surface area contributed by atoms with Crippen molar-refractivity contribution in [2.45, 2.75) is 75.3 Å². The summed E-state index contributed by atoms with van der Waals surface area (Å²) in [5.41, 5.74) is -0.865. The number of phenolic OH excluding ortho intramolecular Hbond substituents is 2. The van der Waals surface area contributed by atoms with E-state index in [1.165, 1.54) is 44.2 Å². The molecule has 14 nitrogen and oxygen atoms in total. The van der Waals surface area contributed by atoms with Crippen LogP contribution in [-0.4, -0.2) is 102 Å². The molecule has 2 saturated heterocycles. The number of phenols is 2. The first-order valence-electron chi connectivity index (χ1n) is 12.7. The molecule has 0 amide bonds. The van der Waals surface area contributed by atoms with E-state index in [9.17, 15) is 45.6 Å². The van der Waals surface area contributed by atoms with Gasteiger partial charge in [-0.05, 0) is 38.1 Å². The van der Waals surface area contributed by atoms with Crippen molar-refractivity contribution in [3.63, 3.8) is 0 Å². The first kappa shape index (κ1) is 29.0. The van der Waals surface area contributed by atoms with Crippen molar-refractivity contribution < 1.29 is 64.2 Å². The van der Waals surface area contributed by atoms with Crippen LogP contribution >= 0.6 is 0 Å². The maximum absolute atomic E-state index is 13.7. The first-order valence-corrected chi connectivity index (χ1v) is 12.7. The van der Waals surface area contributed by atoms with Crippen LogP contribution in [0, 0.1) is 0 Å². The SMILES string of the molecule is C[C@@H]1O[C@H](Oc2cc(O)c3c(=O)c(O[C@@H]4O[C@H](C)[C@@H](O)[C@H](O)[C@H]4O)c(-c4ccc(O)cc4)oc3c2)[C@H](O)[C@@H](O)[C@@H]1O. The summed E-state index contributed by atoms with van der Waals surface area (Å²) in [6.45, 7) is 2.90. The molecule has 2 fully saturated rings. The van der Waals surface area contributed by atoms with E-state index in [4.69, 9.17) is 23.4 Å². The molecular weight excluding hydrogens is 548 g/mol. The zero-order chi connectivity index (χ0) is 29.7. The Balaban J connectivity index is 1.58. The highest BCUT2D eigenvalue weighted by Crippen LogP contribution is 2.38. The van der Waals surface area contributed by atoms with Crippen molar-refractivity contribution in [1.29, 1.82) is 0 Å². The van der Waals surface area contributed by atoms with E-state index >= 15 is 0 Å². The average molecular weight is 579 g/mol. The molecule has 222 valence electrons. The largest absolute Gasteiger partial charge is 0.508 e. The van der Waals surface area contributed by atoms with Gasteiger partial charge in [-0.2, -0.15) is 0 Å². The topological polar surface area (TPSA) is 229 Å². The number of hydrogen-bond donors (Lipinski definition) is 8. The first-order chi connectivity index (χ1) is 19.4. The van der Waals surface area contributed by atoms with Crippen molar-refractivity contribution in [2.75, 3.05) is 0 Å². The molecule has 0 spiro atoms. The number of fused-ring (bicyclic) bond motifs is 1. The monoisotopic (exact) mass is 578 g/mol. The average Bonchev–Trinajstić information content (AvgIpc) is 2.93. The number of aliphatic hydroxyl groups is 6. The summed E-state index contributed by atoms with van der Waals surface area (Å²) in [5.74, 6) is -1.55. The van der Waals surface area contributed by atoms with Crippen molar-refractivity contribution in [2.24, 2.45) is 0 Å². The van der Waals surface area contributed by atoms with E-state index in [2.05, 4.69) is 0 Å². The van der Waals surface area contributed by atoms with Crippen LogP contribution in [0.25, 0.3) is 22.3 Å². The Bertz CT molecular complexity index is 1460. The predicted octanol–water partition coefficient (Wildman–Crippen LogP) is -0.716. The lowest BCUT2D eigenvalue weighted by atomic mass is 10.00. The molecule has 5 rings (SSSR count). The molecule has 41 heavy (non-hydrogen) atoms. The predicted molar refractivity (Wildman–Crippen MR) is 137 cm³/mol. The van der Waals surface area contributed by atoms with Gasteiger partial charge in [0.1, 0.15) is 64.8 Å². The third kappa shape index (κ3) is 5.31. The lowest BCUT2D eigenvalue weighted by Crippen LogP contribution is -2.58. The van der Waals surface area contributed by atoms with Crippen LogP contribution in [-0.2, 0) is 9.47 Å². The Labute approximate surface area is 231 Å². The van der Waals surface area contributed by atoms with Crippen LogP contribution in [0.1, 0.15) is 13.8 Å².